The number of nitrogens with zero attached hydrogens (tertiary/aromatic N) is 2. The fourth-order valence-electron chi connectivity index (χ4n) is 4.67. The van der Waals surface area contributed by atoms with Crippen LogP contribution in [0.5, 0.6) is 23.0 Å². The van der Waals surface area contributed by atoms with Crippen molar-refractivity contribution >= 4 is 34.1 Å². The van der Waals surface area contributed by atoms with Crippen molar-refractivity contribution in [3.63, 3.8) is 0 Å². The molecule has 45 heavy (non-hydrogen) atoms. The number of hydrogen-bond acceptors (Lipinski definition) is 7. The molecule has 0 fully saturated rings. The van der Waals surface area contributed by atoms with Crippen LogP contribution in [0.1, 0.15) is 39.5 Å². The van der Waals surface area contributed by atoms with Crippen LogP contribution in [0, 0.1) is 11.6 Å². The Labute approximate surface area is 261 Å². The van der Waals surface area contributed by atoms with E-state index in [-0.39, 0.29) is 42.5 Å². The number of carbonyl (C=O) groups excluding carboxylic acids is 2. The summed E-state index contributed by atoms with van der Waals surface area (Å²) in [4.78, 5) is 31.2. The predicted octanol–water partition coefficient (Wildman–Crippen LogP) is 7.17. The van der Waals surface area contributed by atoms with Crippen LogP contribution in [-0.2, 0) is 9.59 Å². The lowest BCUT2D eigenvalue weighted by atomic mass is 10.1. The first-order valence-electron chi connectivity index (χ1n) is 14.9. The van der Waals surface area contributed by atoms with Gasteiger partial charge < -0.3 is 29.7 Å². The number of ether oxygens (including phenoxy) is 3. The van der Waals surface area contributed by atoms with Crippen LogP contribution in [0.3, 0.4) is 0 Å². The van der Waals surface area contributed by atoms with E-state index in [1.807, 2.05) is 0 Å². The monoisotopic (exact) mass is 620 g/mol. The fourth-order valence-corrected chi connectivity index (χ4v) is 4.67. The van der Waals surface area contributed by atoms with Gasteiger partial charge >= 0.3 is 0 Å². The number of carbonyl (C=O) groups is 2. The van der Waals surface area contributed by atoms with Crippen LogP contribution in [0.2, 0.25) is 0 Å². The SMILES string of the molecule is CCN(CC)CCCOc1cc2nccc(Oc3ccc(NC(=O)CCCC(=O)Nc4ccc(F)cc4)cc3F)c2cc1OC. The third-order valence-electron chi connectivity index (χ3n) is 7.13. The zero-order valence-corrected chi connectivity index (χ0v) is 25.7. The molecule has 0 saturated heterocycles. The van der Waals surface area contributed by atoms with E-state index in [0.29, 0.717) is 40.4 Å². The average molecular weight is 621 g/mol. The Kier molecular flexibility index (Phi) is 12.0. The van der Waals surface area contributed by atoms with Gasteiger partial charge in [0, 0.05) is 54.5 Å². The normalized spacial score (nSPS) is 11.0. The smallest absolute Gasteiger partial charge is 0.224 e. The molecule has 0 radical (unpaired) electrons. The van der Waals surface area contributed by atoms with Gasteiger partial charge in [0.1, 0.15) is 11.6 Å². The van der Waals surface area contributed by atoms with Crippen LogP contribution in [0.25, 0.3) is 10.9 Å². The topological polar surface area (TPSA) is 102 Å². The molecule has 0 aliphatic heterocycles. The van der Waals surface area contributed by atoms with Gasteiger partial charge in [-0.25, -0.2) is 8.78 Å². The molecule has 4 aromatic rings. The van der Waals surface area contributed by atoms with E-state index in [4.69, 9.17) is 14.2 Å². The summed E-state index contributed by atoms with van der Waals surface area (Å²) in [5.41, 5.74) is 1.32. The second kappa shape index (κ2) is 16.3. The maximum atomic E-state index is 15.1. The summed E-state index contributed by atoms with van der Waals surface area (Å²) in [5, 5.41) is 5.90. The molecule has 2 N–H and O–H groups in total. The summed E-state index contributed by atoms with van der Waals surface area (Å²) in [6.07, 6.45) is 2.88. The Hall–Kier alpha value is -4.77. The van der Waals surface area contributed by atoms with Crippen LogP contribution in [0.4, 0.5) is 20.2 Å². The predicted molar refractivity (Wildman–Crippen MR) is 170 cm³/mol. The summed E-state index contributed by atoms with van der Waals surface area (Å²) >= 11 is 0. The molecular formula is C34H38F2N4O5. The number of benzene rings is 3. The van der Waals surface area contributed by atoms with Crippen LogP contribution >= 0.6 is 0 Å². The number of pyridine rings is 1. The molecule has 0 aliphatic rings. The minimum absolute atomic E-state index is 0.0336. The van der Waals surface area contributed by atoms with Gasteiger partial charge in [0.2, 0.25) is 11.8 Å². The Balaban J connectivity index is 1.33. The van der Waals surface area contributed by atoms with Crippen LogP contribution in [-0.4, -0.2) is 55.0 Å². The standard InChI is InChI=1S/C34H38F2N4O5/c1-4-40(5-2)18-7-19-44-32-22-28-26(21-31(32)43-3)29(16-17-37-28)45-30-15-14-25(20-27(30)36)39-34(42)9-6-8-33(41)38-24-12-10-23(35)11-13-24/h10-17,20-22H,4-9,18-19H2,1-3H3,(H,38,41)(H,39,42). The number of anilines is 2. The van der Waals surface area contributed by atoms with Gasteiger partial charge in [0.25, 0.3) is 0 Å². The van der Waals surface area contributed by atoms with Crippen molar-refractivity contribution < 1.29 is 32.6 Å². The lowest BCUT2D eigenvalue weighted by Crippen LogP contribution is -2.25. The summed E-state index contributed by atoms with van der Waals surface area (Å²) in [5.74, 6) is -0.312. The van der Waals surface area contributed by atoms with E-state index in [9.17, 15) is 14.0 Å². The first-order chi connectivity index (χ1) is 21.8. The number of methoxy groups -OCH3 is 1. The minimum Gasteiger partial charge on any atom is -0.493 e. The van der Waals surface area contributed by atoms with Crippen molar-refractivity contribution in [3.8, 4) is 23.0 Å². The number of hydrogen-bond donors (Lipinski definition) is 2. The zero-order valence-electron chi connectivity index (χ0n) is 25.7. The van der Waals surface area contributed by atoms with E-state index in [1.54, 1.807) is 31.5 Å². The molecule has 4 rings (SSSR count). The third-order valence-corrected chi connectivity index (χ3v) is 7.13. The highest BCUT2D eigenvalue weighted by atomic mass is 19.1. The lowest BCUT2D eigenvalue weighted by Gasteiger charge is -2.18. The van der Waals surface area contributed by atoms with Crippen LogP contribution in [0.15, 0.2) is 66.9 Å². The molecule has 0 bridgehead atoms. The molecule has 0 atom stereocenters. The zero-order chi connectivity index (χ0) is 32.2. The van der Waals surface area contributed by atoms with E-state index in [0.717, 1.165) is 26.1 Å². The Morgan fingerprint density at radius 1 is 0.800 bits per heavy atom. The molecule has 11 heteroatoms. The van der Waals surface area contributed by atoms with Crippen molar-refractivity contribution in [2.75, 3.05) is 44.0 Å². The van der Waals surface area contributed by atoms with Crippen LogP contribution < -0.4 is 24.8 Å². The Morgan fingerprint density at radius 3 is 2.16 bits per heavy atom. The fraction of sp³-hybridized carbons (Fsp3) is 0.324. The second-order valence-electron chi connectivity index (χ2n) is 10.3. The third kappa shape index (κ3) is 9.61. The molecule has 1 heterocycles. The Morgan fingerprint density at radius 2 is 1.49 bits per heavy atom. The van der Waals surface area contributed by atoms with Gasteiger partial charge in [-0.15, -0.1) is 0 Å². The van der Waals surface area contributed by atoms with Gasteiger partial charge in [-0.05, 0) is 74.5 Å². The molecule has 9 nitrogen and oxygen atoms in total. The number of nitrogens with one attached hydrogen (secondary N) is 2. The van der Waals surface area contributed by atoms with Crippen molar-refractivity contribution in [1.29, 1.82) is 0 Å². The maximum Gasteiger partial charge on any atom is 0.224 e. The molecule has 0 spiro atoms. The summed E-state index contributed by atoms with van der Waals surface area (Å²) < 4.78 is 45.5. The maximum absolute atomic E-state index is 15.1. The highest BCUT2D eigenvalue weighted by Crippen LogP contribution is 2.38. The molecule has 1 aromatic heterocycles. The van der Waals surface area contributed by atoms with E-state index >= 15 is 4.39 Å². The number of fused-ring (bicyclic) bond motifs is 1. The average Bonchev–Trinajstić information content (AvgIpc) is 3.03. The molecular weight excluding hydrogens is 582 g/mol. The molecule has 0 saturated carbocycles. The minimum atomic E-state index is -0.670. The number of amides is 2. The highest BCUT2D eigenvalue weighted by Gasteiger charge is 2.15. The first kappa shape index (κ1) is 33.1. The molecule has 2 amide bonds. The first-order valence-corrected chi connectivity index (χ1v) is 14.9. The largest absolute Gasteiger partial charge is 0.493 e. The highest BCUT2D eigenvalue weighted by molar-refractivity contribution is 5.93. The van der Waals surface area contributed by atoms with Gasteiger partial charge in [-0.2, -0.15) is 0 Å². The van der Waals surface area contributed by atoms with E-state index in [2.05, 4.69) is 34.4 Å². The molecule has 238 valence electrons. The second-order valence-corrected chi connectivity index (χ2v) is 10.3. The van der Waals surface area contributed by atoms with Gasteiger partial charge in [-0.1, -0.05) is 13.8 Å². The number of rotatable bonds is 16. The Bertz CT molecular complexity index is 1600. The van der Waals surface area contributed by atoms with Gasteiger partial charge in [-0.3, -0.25) is 14.6 Å². The summed E-state index contributed by atoms with van der Waals surface area (Å²) in [7, 11) is 1.55. The van der Waals surface area contributed by atoms with E-state index < -0.39 is 11.6 Å². The summed E-state index contributed by atoms with van der Waals surface area (Å²) in [6, 6.07) is 14.7. The van der Waals surface area contributed by atoms with Crippen molar-refractivity contribution in [2.24, 2.45) is 0 Å². The van der Waals surface area contributed by atoms with Crippen molar-refractivity contribution in [3.05, 3.63) is 78.5 Å². The van der Waals surface area contributed by atoms with E-state index in [1.165, 1.54) is 42.5 Å². The van der Waals surface area contributed by atoms with Gasteiger partial charge in [0.05, 0.1) is 19.2 Å². The number of aromatic nitrogens is 1. The van der Waals surface area contributed by atoms with Crippen molar-refractivity contribution in [2.45, 2.75) is 39.5 Å². The summed E-state index contributed by atoms with van der Waals surface area (Å²) in [6.45, 7) is 7.70. The molecule has 0 unspecified atom stereocenters. The quantitative estimate of drug-likeness (QED) is 0.128. The molecule has 3 aromatic carbocycles. The number of halogens is 2. The van der Waals surface area contributed by atoms with Crippen molar-refractivity contribution in [1.82, 2.24) is 9.88 Å². The lowest BCUT2D eigenvalue weighted by molar-refractivity contribution is -0.117. The van der Waals surface area contributed by atoms with Gasteiger partial charge in [0.15, 0.2) is 23.1 Å². The molecule has 0 aliphatic carbocycles.